The molecule has 21 heavy (non-hydrogen) atoms. The lowest BCUT2D eigenvalue weighted by atomic mass is 10.2. The Morgan fingerprint density at radius 2 is 2.19 bits per heavy atom. The van der Waals surface area contributed by atoms with Crippen LogP contribution in [0.15, 0.2) is 22.7 Å². The summed E-state index contributed by atoms with van der Waals surface area (Å²) >= 11 is 9.61. The maximum Gasteiger partial charge on any atom is 0.101 e. The highest BCUT2D eigenvalue weighted by molar-refractivity contribution is 9.10. The standard InChI is InChI=1S/C15H16BrClN4/c1-3-12-15(16)14(21(4-2)20-12)9-19-13-7-11(17)6-5-10(13)8-18/h5-7,19H,3-4,9H2,1-2H3. The van der Waals surface area contributed by atoms with Crippen molar-refractivity contribution >= 4 is 33.2 Å². The van der Waals surface area contributed by atoms with Crippen molar-refractivity contribution in [3.05, 3.63) is 44.6 Å². The molecule has 1 aromatic carbocycles. The summed E-state index contributed by atoms with van der Waals surface area (Å²) in [6.45, 7) is 5.52. The number of nitriles is 1. The molecule has 0 bridgehead atoms. The minimum Gasteiger partial charge on any atom is -0.378 e. The molecule has 0 aliphatic rings. The first-order chi connectivity index (χ1) is 10.1. The minimum atomic E-state index is 0.578. The Morgan fingerprint density at radius 1 is 1.43 bits per heavy atom. The second-order valence-electron chi connectivity index (χ2n) is 4.53. The predicted molar refractivity (Wildman–Crippen MR) is 88.5 cm³/mol. The van der Waals surface area contributed by atoms with E-state index in [0.29, 0.717) is 17.1 Å². The van der Waals surface area contributed by atoms with E-state index in [4.69, 9.17) is 16.9 Å². The highest BCUT2D eigenvalue weighted by Crippen LogP contribution is 2.25. The van der Waals surface area contributed by atoms with Crippen LogP contribution in [0.1, 0.15) is 30.8 Å². The van der Waals surface area contributed by atoms with Crippen LogP contribution in [-0.4, -0.2) is 9.78 Å². The van der Waals surface area contributed by atoms with E-state index < -0.39 is 0 Å². The fourth-order valence-corrected chi connectivity index (χ4v) is 3.00. The number of halogens is 2. The van der Waals surface area contributed by atoms with E-state index in [1.165, 1.54) is 0 Å². The molecule has 1 aromatic heterocycles. The third-order valence-electron chi connectivity index (χ3n) is 3.24. The fourth-order valence-electron chi connectivity index (χ4n) is 2.13. The molecule has 0 radical (unpaired) electrons. The lowest BCUT2D eigenvalue weighted by molar-refractivity contribution is 0.619. The van der Waals surface area contributed by atoms with Gasteiger partial charge in [0.15, 0.2) is 0 Å². The van der Waals surface area contributed by atoms with Crippen LogP contribution >= 0.6 is 27.5 Å². The Labute approximate surface area is 137 Å². The molecule has 0 saturated carbocycles. The summed E-state index contributed by atoms with van der Waals surface area (Å²) in [5, 5.41) is 17.6. The van der Waals surface area contributed by atoms with E-state index in [9.17, 15) is 0 Å². The molecule has 110 valence electrons. The third kappa shape index (κ3) is 3.39. The Hall–Kier alpha value is -1.51. The van der Waals surface area contributed by atoms with Crippen molar-refractivity contribution in [1.29, 1.82) is 5.26 Å². The summed E-state index contributed by atoms with van der Waals surface area (Å²) in [6, 6.07) is 7.36. The number of anilines is 1. The predicted octanol–water partition coefficient (Wildman–Crippen LogP) is 4.37. The van der Waals surface area contributed by atoms with Gasteiger partial charge in [0, 0.05) is 11.6 Å². The van der Waals surface area contributed by atoms with Gasteiger partial charge in [-0.3, -0.25) is 4.68 Å². The number of benzene rings is 1. The van der Waals surface area contributed by atoms with E-state index in [2.05, 4.69) is 46.3 Å². The third-order valence-corrected chi connectivity index (χ3v) is 4.39. The number of rotatable bonds is 5. The summed E-state index contributed by atoms with van der Waals surface area (Å²) < 4.78 is 2.99. The van der Waals surface area contributed by atoms with Gasteiger partial charge in [0.25, 0.3) is 0 Å². The van der Waals surface area contributed by atoms with Gasteiger partial charge in [-0.05, 0) is 47.5 Å². The molecule has 1 N–H and O–H groups in total. The van der Waals surface area contributed by atoms with Crippen LogP contribution in [0.2, 0.25) is 5.02 Å². The molecular formula is C15H16BrClN4. The summed E-state index contributed by atoms with van der Waals surface area (Å²) in [7, 11) is 0. The highest BCUT2D eigenvalue weighted by atomic mass is 79.9. The molecule has 2 rings (SSSR count). The molecular weight excluding hydrogens is 352 g/mol. The smallest absolute Gasteiger partial charge is 0.101 e. The number of hydrogen-bond acceptors (Lipinski definition) is 3. The molecule has 0 spiro atoms. The van der Waals surface area contributed by atoms with E-state index in [1.807, 2.05) is 4.68 Å². The van der Waals surface area contributed by atoms with Gasteiger partial charge < -0.3 is 5.32 Å². The van der Waals surface area contributed by atoms with Crippen LogP contribution in [0.3, 0.4) is 0 Å². The Morgan fingerprint density at radius 3 is 2.81 bits per heavy atom. The zero-order chi connectivity index (χ0) is 15.4. The molecule has 0 atom stereocenters. The van der Waals surface area contributed by atoms with E-state index >= 15 is 0 Å². The van der Waals surface area contributed by atoms with E-state index in [1.54, 1.807) is 18.2 Å². The molecule has 0 aliphatic heterocycles. The van der Waals surface area contributed by atoms with Crippen LogP contribution in [-0.2, 0) is 19.5 Å². The Kier molecular flexibility index (Phi) is 5.27. The number of hydrogen-bond donors (Lipinski definition) is 1. The van der Waals surface area contributed by atoms with Gasteiger partial charge >= 0.3 is 0 Å². The zero-order valence-corrected chi connectivity index (χ0v) is 14.3. The van der Waals surface area contributed by atoms with E-state index in [0.717, 1.165) is 34.5 Å². The topological polar surface area (TPSA) is 53.6 Å². The number of nitrogens with zero attached hydrogens (tertiary/aromatic N) is 3. The summed E-state index contributed by atoms with van der Waals surface area (Å²) in [5.41, 5.74) is 3.42. The maximum absolute atomic E-state index is 9.14. The minimum absolute atomic E-state index is 0.578. The van der Waals surface area contributed by atoms with Crippen molar-refractivity contribution in [3.63, 3.8) is 0 Å². The molecule has 0 aliphatic carbocycles. The maximum atomic E-state index is 9.14. The lowest BCUT2D eigenvalue weighted by Gasteiger charge is -2.10. The van der Waals surface area contributed by atoms with Crippen molar-refractivity contribution in [2.75, 3.05) is 5.32 Å². The molecule has 0 fully saturated rings. The highest BCUT2D eigenvalue weighted by Gasteiger charge is 2.14. The van der Waals surface area contributed by atoms with Crippen LogP contribution < -0.4 is 5.32 Å². The molecule has 1 heterocycles. The molecule has 6 heteroatoms. The fraction of sp³-hybridized carbons (Fsp3) is 0.333. The first kappa shape index (κ1) is 15.9. The first-order valence-electron chi connectivity index (χ1n) is 6.78. The monoisotopic (exact) mass is 366 g/mol. The quantitative estimate of drug-likeness (QED) is 0.854. The van der Waals surface area contributed by atoms with Crippen molar-refractivity contribution in [3.8, 4) is 6.07 Å². The normalized spacial score (nSPS) is 10.4. The van der Waals surface area contributed by atoms with E-state index in [-0.39, 0.29) is 0 Å². The Balaban J connectivity index is 2.26. The number of aromatic nitrogens is 2. The van der Waals surface area contributed by atoms with Crippen LogP contribution in [0.4, 0.5) is 5.69 Å². The molecule has 0 amide bonds. The van der Waals surface area contributed by atoms with Crippen molar-refractivity contribution in [1.82, 2.24) is 9.78 Å². The zero-order valence-electron chi connectivity index (χ0n) is 12.0. The van der Waals surface area contributed by atoms with Crippen molar-refractivity contribution in [2.24, 2.45) is 0 Å². The van der Waals surface area contributed by atoms with Gasteiger partial charge in [0.1, 0.15) is 6.07 Å². The molecule has 0 unspecified atom stereocenters. The van der Waals surface area contributed by atoms with Gasteiger partial charge in [0.05, 0.1) is 33.7 Å². The number of nitrogens with one attached hydrogen (secondary N) is 1. The average molecular weight is 368 g/mol. The average Bonchev–Trinajstić information content (AvgIpc) is 2.80. The second-order valence-corrected chi connectivity index (χ2v) is 5.76. The summed E-state index contributed by atoms with van der Waals surface area (Å²) in [4.78, 5) is 0. The van der Waals surface area contributed by atoms with Gasteiger partial charge in [-0.1, -0.05) is 18.5 Å². The summed E-state index contributed by atoms with van der Waals surface area (Å²) in [5.74, 6) is 0. The Bertz CT molecular complexity index is 688. The second kappa shape index (κ2) is 6.97. The largest absolute Gasteiger partial charge is 0.378 e. The van der Waals surface area contributed by atoms with Crippen molar-refractivity contribution < 1.29 is 0 Å². The SMILES string of the molecule is CCc1nn(CC)c(CNc2cc(Cl)ccc2C#N)c1Br. The van der Waals surface area contributed by atoms with Gasteiger partial charge in [-0.15, -0.1) is 0 Å². The van der Waals surface area contributed by atoms with Crippen LogP contribution in [0.25, 0.3) is 0 Å². The lowest BCUT2D eigenvalue weighted by Crippen LogP contribution is -2.09. The van der Waals surface area contributed by atoms with Crippen LogP contribution in [0, 0.1) is 11.3 Å². The van der Waals surface area contributed by atoms with Crippen molar-refractivity contribution in [2.45, 2.75) is 33.4 Å². The molecule has 4 nitrogen and oxygen atoms in total. The first-order valence-corrected chi connectivity index (χ1v) is 7.95. The van der Waals surface area contributed by atoms with Gasteiger partial charge in [-0.25, -0.2) is 0 Å². The summed E-state index contributed by atoms with van der Waals surface area (Å²) in [6.07, 6.45) is 0.876. The number of aryl methyl sites for hydroxylation is 2. The molecule has 0 saturated heterocycles. The van der Waals surface area contributed by atoms with Gasteiger partial charge in [-0.2, -0.15) is 10.4 Å². The molecule has 2 aromatic rings. The van der Waals surface area contributed by atoms with Gasteiger partial charge in [0.2, 0.25) is 0 Å². The van der Waals surface area contributed by atoms with Crippen LogP contribution in [0.5, 0.6) is 0 Å².